The van der Waals surface area contributed by atoms with Gasteiger partial charge in [-0.05, 0) is 56.2 Å². The molecule has 2 heterocycles. The molecule has 0 bridgehead atoms. The lowest BCUT2D eigenvalue weighted by Crippen LogP contribution is -2.15. The number of carbonyl (C=O) groups is 3. The molecule has 3 aromatic rings. The third-order valence-electron chi connectivity index (χ3n) is 6.88. The summed E-state index contributed by atoms with van der Waals surface area (Å²) in [6.07, 6.45) is 3.03. The molecule has 1 aliphatic carbocycles. The molecule has 196 valence electrons. The number of sulfone groups is 1. The molecule has 3 N–H and O–H groups in total. The van der Waals surface area contributed by atoms with Crippen molar-refractivity contribution in [1.29, 1.82) is 0 Å². The van der Waals surface area contributed by atoms with Gasteiger partial charge in [0.05, 0.1) is 22.1 Å². The van der Waals surface area contributed by atoms with Crippen molar-refractivity contribution < 1.29 is 27.9 Å². The first-order valence-electron chi connectivity index (χ1n) is 11.8. The summed E-state index contributed by atoms with van der Waals surface area (Å²) in [5.74, 6) is -3.15. The number of fused-ring (bicyclic) bond motifs is 2. The van der Waals surface area contributed by atoms with Crippen molar-refractivity contribution in [2.45, 2.75) is 42.8 Å². The number of benzene rings is 2. The molecule has 38 heavy (non-hydrogen) atoms. The van der Waals surface area contributed by atoms with Crippen LogP contribution in [-0.4, -0.2) is 36.2 Å². The van der Waals surface area contributed by atoms with Crippen LogP contribution in [0.4, 0.5) is 5.69 Å². The number of halogens is 2. The number of aromatic amines is 1. The number of nitrogens with one attached hydrogen (secondary N) is 2. The summed E-state index contributed by atoms with van der Waals surface area (Å²) in [4.78, 5) is 40.6. The molecule has 1 aliphatic heterocycles. The Balaban J connectivity index is 1.60. The molecular formula is C27H22Cl2N2O6S. The molecule has 0 spiro atoms. The molecule has 1 amide bonds. The van der Waals surface area contributed by atoms with Crippen LogP contribution in [0.3, 0.4) is 0 Å². The molecule has 0 saturated heterocycles. The van der Waals surface area contributed by atoms with E-state index in [1.807, 2.05) is 0 Å². The van der Waals surface area contributed by atoms with E-state index in [2.05, 4.69) is 10.3 Å². The summed E-state index contributed by atoms with van der Waals surface area (Å²) >= 11 is 12.4. The van der Waals surface area contributed by atoms with Gasteiger partial charge < -0.3 is 15.4 Å². The van der Waals surface area contributed by atoms with Gasteiger partial charge in [0.2, 0.25) is 0 Å². The van der Waals surface area contributed by atoms with Crippen molar-refractivity contribution in [3.8, 4) is 0 Å². The number of rotatable bonds is 6. The van der Waals surface area contributed by atoms with Crippen molar-refractivity contribution in [1.82, 2.24) is 4.98 Å². The summed E-state index contributed by atoms with van der Waals surface area (Å²) in [7, 11) is -3.90. The zero-order chi connectivity index (χ0) is 27.4. The fraction of sp³-hybridized carbons (Fsp3) is 0.222. The van der Waals surface area contributed by atoms with E-state index < -0.39 is 33.4 Å². The van der Waals surface area contributed by atoms with Crippen LogP contribution in [0.2, 0.25) is 10.0 Å². The lowest BCUT2D eigenvalue weighted by atomic mass is 9.87. The largest absolute Gasteiger partial charge is 0.481 e. The van der Waals surface area contributed by atoms with Crippen LogP contribution in [0.1, 0.15) is 64.1 Å². The van der Waals surface area contributed by atoms with Crippen molar-refractivity contribution in [3.63, 3.8) is 0 Å². The van der Waals surface area contributed by atoms with E-state index >= 15 is 0 Å². The highest BCUT2D eigenvalue weighted by atomic mass is 35.5. The molecule has 11 heteroatoms. The normalized spacial score (nSPS) is 16.8. The van der Waals surface area contributed by atoms with Gasteiger partial charge in [0, 0.05) is 55.8 Å². The van der Waals surface area contributed by atoms with E-state index in [-0.39, 0.29) is 31.9 Å². The molecule has 1 atom stereocenters. The zero-order valence-electron chi connectivity index (χ0n) is 20.1. The number of Topliss-reactive ketones (excluding diaryl/α,β-unsaturated/α-hetero) is 1. The number of aromatic nitrogens is 1. The van der Waals surface area contributed by atoms with E-state index in [9.17, 15) is 27.9 Å². The summed E-state index contributed by atoms with van der Waals surface area (Å²) in [6, 6.07) is 9.02. The van der Waals surface area contributed by atoms with E-state index in [1.54, 1.807) is 18.2 Å². The van der Waals surface area contributed by atoms with Gasteiger partial charge in [0.25, 0.3) is 5.91 Å². The second kappa shape index (κ2) is 9.72. The Bertz CT molecular complexity index is 1650. The predicted octanol–water partition coefficient (Wildman–Crippen LogP) is 5.50. The van der Waals surface area contributed by atoms with Crippen molar-refractivity contribution >= 4 is 68.0 Å². The molecule has 0 saturated carbocycles. The van der Waals surface area contributed by atoms with E-state index in [0.29, 0.717) is 53.0 Å². The smallest absolute Gasteiger partial charge is 0.310 e. The minimum absolute atomic E-state index is 0.0327. The van der Waals surface area contributed by atoms with Crippen LogP contribution in [0.5, 0.6) is 0 Å². The third kappa shape index (κ3) is 4.55. The van der Waals surface area contributed by atoms with Crippen LogP contribution < -0.4 is 5.32 Å². The number of anilines is 1. The van der Waals surface area contributed by atoms with Crippen molar-refractivity contribution in [2.75, 3.05) is 5.32 Å². The molecular weight excluding hydrogens is 551 g/mol. The molecule has 8 nitrogen and oxygen atoms in total. The van der Waals surface area contributed by atoms with Gasteiger partial charge in [-0.15, -0.1) is 0 Å². The Morgan fingerprint density at radius 3 is 2.53 bits per heavy atom. The molecule has 2 aliphatic rings. The minimum atomic E-state index is -3.90. The Morgan fingerprint density at radius 2 is 1.84 bits per heavy atom. The highest BCUT2D eigenvalue weighted by molar-refractivity contribution is 7.90. The first-order valence-corrected chi connectivity index (χ1v) is 14.2. The molecule has 1 unspecified atom stereocenters. The van der Waals surface area contributed by atoms with Crippen LogP contribution >= 0.6 is 23.2 Å². The van der Waals surface area contributed by atoms with Crippen LogP contribution in [0.25, 0.3) is 11.6 Å². The second-order valence-electron chi connectivity index (χ2n) is 9.32. The monoisotopic (exact) mass is 572 g/mol. The van der Waals surface area contributed by atoms with Gasteiger partial charge in [0.1, 0.15) is 0 Å². The number of aryl methyl sites for hydroxylation is 1. The SMILES string of the molecule is CC(C(=O)O)c1c(/C=C2\C(=O)Nc3ccc(S(=O)(=O)Cc4c(Cl)cccc4Cl)cc32)[nH]c2c1C(=O)CCC2. The molecule has 5 rings (SSSR count). The fourth-order valence-corrected chi connectivity index (χ4v) is 7.05. The number of hydrogen-bond acceptors (Lipinski definition) is 5. The Labute approximate surface area is 228 Å². The Morgan fingerprint density at radius 1 is 1.13 bits per heavy atom. The Hall–Kier alpha value is -3.40. The lowest BCUT2D eigenvalue weighted by molar-refractivity contribution is -0.138. The highest BCUT2D eigenvalue weighted by Gasteiger charge is 2.33. The summed E-state index contributed by atoms with van der Waals surface area (Å²) < 4.78 is 26.6. The summed E-state index contributed by atoms with van der Waals surface area (Å²) in [6.45, 7) is 1.49. The zero-order valence-corrected chi connectivity index (χ0v) is 22.4. The van der Waals surface area contributed by atoms with Crippen LogP contribution in [0, 0.1) is 0 Å². The predicted molar refractivity (Wildman–Crippen MR) is 144 cm³/mol. The second-order valence-corrected chi connectivity index (χ2v) is 12.1. The lowest BCUT2D eigenvalue weighted by Gasteiger charge is -2.14. The maximum Gasteiger partial charge on any atom is 0.310 e. The third-order valence-corrected chi connectivity index (χ3v) is 9.23. The summed E-state index contributed by atoms with van der Waals surface area (Å²) in [5, 5.41) is 12.9. The van der Waals surface area contributed by atoms with Crippen molar-refractivity contribution in [3.05, 3.63) is 80.1 Å². The van der Waals surface area contributed by atoms with E-state index in [1.165, 1.54) is 31.2 Å². The maximum absolute atomic E-state index is 13.3. The van der Waals surface area contributed by atoms with E-state index in [4.69, 9.17) is 23.2 Å². The number of carboxylic acid groups (broad SMARTS) is 1. The number of aliphatic carboxylic acids is 1. The van der Waals surface area contributed by atoms with Gasteiger partial charge in [-0.1, -0.05) is 29.3 Å². The summed E-state index contributed by atoms with van der Waals surface area (Å²) in [5.41, 5.74) is 2.85. The molecule has 1 aromatic heterocycles. The molecule has 0 radical (unpaired) electrons. The van der Waals surface area contributed by atoms with Crippen LogP contribution in [0.15, 0.2) is 41.3 Å². The molecule has 2 aromatic carbocycles. The standard InChI is InChI=1S/C27H22Cl2N2O6S/c1-13(27(34)35)24-22(30-21-6-3-7-23(32)25(21)24)11-16-15-10-14(8-9-20(15)31-26(16)33)38(36,37)12-17-18(28)4-2-5-19(17)29/h2,4-5,8-11,13,30H,3,6-7,12H2,1H3,(H,31,33)(H,34,35)/b16-11-. The van der Waals surface area contributed by atoms with Gasteiger partial charge in [-0.25, -0.2) is 8.42 Å². The quantitative estimate of drug-likeness (QED) is 0.334. The van der Waals surface area contributed by atoms with E-state index in [0.717, 1.165) is 0 Å². The number of ketones is 1. The first kappa shape index (κ1) is 26.2. The van der Waals surface area contributed by atoms with Gasteiger partial charge in [-0.3, -0.25) is 14.4 Å². The van der Waals surface area contributed by atoms with Gasteiger partial charge in [-0.2, -0.15) is 0 Å². The Kier molecular flexibility index (Phi) is 6.71. The molecule has 0 fully saturated rings. The van der Waals surface area contributed by atoms with Gasteiger partial charge in [0.15, 0.2) is 15.6 Å². The first-order chi connectivity index (χ1) is 18.0. The topological polar surface area (TPSA) is 133 Å². The number of amides is 1. The van der Waals surface area contributed by atoms with Crippen LogP contribution in [-0.2, 0) is 31.6 Å². The average molecular weight is 573 g/mol. The highest BCUT2D eigenvalue weighted by Crippen LogP contribution is 2.39. The minimum Gasteiger partial charge on any atom is -0.481 e. The van der Waals surface area contributed by atoms with Gasteiger partial charge >= 0.3 is 5.97 Å². The fourth-order valence-electron chi connectivity index (χ4n) is 4.93. The maximum atomic E-state index is 13.3. The number of H-pyrrole nitrogens is 1. The number of carbonyl (C=O) groups excluding carboxylic acids is 2. The number of hydrogen-bond donors (Lipinski definition) is 3. The average Bonchev–Trinajstić information content (AvgIpc) is 3.38. The van der Waals surface area contributed by atoms with Crippen molar-refractivity contribution in [2.24, 2.45) is 0 Å². The number of carboxylic acids is 1.